The lowest BCUT2D eigenvalue weighted by atomic mass is 9.90. The van der Waals surface area contributed by atoms with Crippen LogP contribution in [-0.2, 0) is 20.7 Å². The van der Waals surface area contributed by atoms with Crippen LogP contribution >= 0.6 is 12.4 Å². The normalized spacial score (nSPS) is 18.7. The van der Waals surface area contributed by atoms with E-state index < -0.39 is 5.54 Å². The highest BCUT2D eigenvalue weighted by Crippen LogP contribution is 2.27. The van der Waals surface area contributed by atoms with Crippen molar-refractivity contribution in [2.24, 2.45) is 5.73 Å². The number of rotatable bonds is 3. The third kappa shape index (κ3) is 3.65. The third-order valence-electron chi connectivity index (χ3n) is 4.43. The number of nitrogens with one attached hydrogen (secondary N) is 1. The molecule has 0 spiro atoms. The van der Waals surface area contributed by atoms with Gasteiger partial charge in [-0.25, -0.2) is 0 Å². The van der Waals surface area contributed by atoms with Gasteiger partial charge in [0, 0.05) is 25.4 Å². The number of para-hydroxylation sites is 1. The van der Waals surface area contributed by atoms with Gasteiger partial charge in [0.1, 0.15) is 0 Å². The lowest BCUT2D eigenvalue weighted by molar-refractivity contribution is -0.131. The minimum Gasteiger partial charge on any atom is -0.381 e. The second kappa shape index (κ2) is 7.29. The van der Waals surface area contributed by atoms with E-state index in [0.29, 0.717) is 32.6 Å². The van der Waals surface area contributed by atoms with Crippen molar-refractivity contribution in [3.8, 4) is 0 Å². The van der Waals surface area contributed by atoms with E-state index in [-0.39, 0.29) is 30.8 Å². The Morgan fingerprint density at radius 2 is 1.96 bits per heavy atom. The van der Waals surface area contributed by atoms with Gasteiger partial charge in [0.25, 0.3) is 0 Å². The molecule has 126 valence electrons. The standard InChI is InChI=1S/C16H21N3O3.ClH/c17-16(6-9-22-10-7-16)15(21)18-11-14(20)19-8-5-12-3-1-2-4-13(12)19;/h1-4H,5-11,17H2,(H,18,21);1H. The molecule has 3 rings (SSSR count). The Hall–Kier alpha value is -1.63. The van der Waals surface area contributed by atoms with Gasteiger partial charge in [-0.2, -0.15) is 0 Å². The molecule has 1 fully saturated rings. The number of ether oxygens (including phenoxy) is 1. The first kappa shape index (κ1) is 17.7. The average Bonchev–Trinajstić information content (AvgIpc) is 2.97. The van der Waals surface area contributed by atoms with Gasteiger partial charge >= 0.3 is 0 Å². The zero-order valence-electron chi connectivity index (χ0n) is 12.9. The van der Waals surface area contributed by atoms with Crippen molar-refractivity contribution in [3.63, 3.8) is 0 Å². The van der Waals surface area contributed by atoms with Crippen LogP contribution in [0.1, 0.15) is 18.4 Å². The molecule has 0 bridgehead atoms. The van der Waals surface area contributed by atoms with Crippen LogP contribution < -0.4 is 16.0 Å². The molecule has 1 aromatic rings. The van der Waals surface area contributed by atoms with Crippen molar-refractivity contribution >= 4 is 29.9 Å². The predicted octanol–water partition coefficient (Wildman–Crippen LogP) is 0.622. The van der Waals surface area contributed by atoms with Crippen LogP contribution in [0.5, 0.6) is 0 Å². The van der Waals surface area contributed by atoms with Crippen molar-refractivity contribution < 1.29 is 14.3 Å². The Morgan fingerprint density at radius 3 is 2.70 bits per heavy atom. The van der Waals surface area contributed by atoms with Crippen molar-refractivity contribution in [1.82, 2.24) is 5.32 Å². The first-order chi connectivity index (χ1) is 10.6. The minimum absolute atomic E-state index is 0. The Bertz CT molecular complexity index is 588. The summed E-state index contributed by atoms with van der Waals surface area (Å²) >= 11 is 0. The van der Waals surface area contributed by atoms with Gasteiger partial charge in [-0.15, -0.1) is 12.4 Å². The largest absolute Gasteiger partial charge is 0.381 e. The lowest BCUT2D eigenvalue weighted by Crippen LogP contribution is -2.58. The molecule has 2 aliphatic rings. The molecule has 0 aromatic heterocycles. The van der Waals surface area contributed by atoms with Crippen LogP contribution in [0.2, 0.25) is 0 Å². The summed E-state index contributed by atoms with van der Waals surface area (Å²) < 4.78 is 5.23. The summed E-state index contributed by atoms with van der Waals surface area (Å²) in [5.41, 5.74) is 7.30. The van der Waals surface area contributed by atoms with Crippen molar-refractivity contribution in [2.45, 2.75) is 24.8 Å². The van der Waals surface area contributed by atoms with Gasteiger partial charge in [-0.3, -0.25) is 9.59 Å². The van der Waals surface area contributed by atoms with Crippen molar-refractivity contribution in [3.05, 3.63) is 29.8 Å². The van der Waals surface area contributed by atoms with E-state index in [4.69, 9.17) is 10.5 Å². The first-order valence-electron chi connectivity index (χ1n) is 7.63. The Labute approximate surface area is 141 Å². The number of hydrogen-bond donors (Lipinski definition) is 2. The number of nitrogens with zero attached hydrogens (tertiary/aromatic N) is 1. The molecular formula is C16H22ClN3O3. The molecule has 7 heteroatoms. The predicted molar refractivity (Wildman–Crippen MR) is 89.7 cm³/mol. The highest BCUT2D eigenvalue weighted by molar-refractivity contribution is 5.99. The molecule has 0 aliphatic carbocycles. The lowest BCUT2D eigenvalue weighted by Gasteiger charge is -2.31. The second-order valence-corrected chi connectivity index (χ2v) is 5.88. The number of amides is 2. The van der Waals surface area contributed by atoms with E-state index >= 15 is 0 Å². The summed E-state index contributed by atoms with van der Waals surface area (Å²) in [6.45, 7) is 1.61. The SMILES string of the molecule is Cl.NC1(C(=O)NCC(=O)N2CCc3ccccc32)CCOCC1. The average molecular weight is 340 g/mol. The van der Waals surface area contributed by atoms with Crippen LogP contribution in [0, 0.1) is 0 Å². The molecule has 6 nitrogen and oxygen atoms in total. The monoisotopic (exact) mass is 339 g/mol. The maximum atomic E-state index is 12.3. The van der Waals surface area contributed by atoms with Gasteiger partial charge in [-0.05, 0) is 30.9 Å². The molecule has 3 N–H and O–H groups in total. The Morgan fingerprint density at radius 1 is 1.26 bits per heavy atom. The molecule has 2 heterocycles. The molecule has 0 saturated carbocycles. The van der Waals surface area contributed by atoms with E-state index in [2.05, 4.69) is 5.32 Å². The van der Waals surface area contributed by atoms with Gasteiger partial charge in [0.2, 0.25) is 11.8 Å². The highest BCUT2D eigenvalue weighted by Gasteiger charge is 2.36. The van der Waals surface area contributed by atoms with Gasteiger partial charge < -0.3 is 20.7 Å². The maximum Gasteiger partial charge on any atom is 0.246 e. The van der Waals surface area contributed by atoms with Crippen molar-refractivity contribution in [2.75, 3.05) is 31.2 Å². The second-order valence-electron chi connectivity index (χ2n) is 5.88. The molecule has 2 amide bonds. The summed E-state index contributed by atoms with van der Waals surface area (Å²) in [5.74, 6) is -0.370. The number of carbonyl (C=O) groups excluding carboxylic acids is 2. The van der Waals surface area contributed by atoms with E-state index in [1.54, 1.807) is 4.90 Å². The molecule has 1 aromatic carbocycles. The molecule has 23 heavy (non-hydrogen) atoms. The number of nitrogens with two attached hydrogens (primary N) is 1. The number of fused-ring (bicyclic) bond motifs is 1. The summed E-state index contributed by atoms with van der Waals surface area (Å²) in [6.07, 6.45) is 1.83. The third-order valence-corrected chi connectivity index (χ3v) is 4.43. The zero-order valence-corrected chi connectivity index (χ0v) is 13.7. The zero-order chi connectivity index (χ0) is 15.6. The fourth-order valence-electron chi connectivity index (χ4n) is 2.99. The topological polar surface area (TPSA) is 84.7 Å². The number of hydrogen-bond acceptors (Lipinski definition) is 4. The summed E-state index contributed by atoms with van der Waals surface area (Å²) in [6, 6.07) is 7.85. The van der Waals surface area contributed by atoms with E-state index in [9.17, 15) is 9.59 Å². The molecule has 0 unspecified atom stereocenters. The van der Waals surface area contributed by atoms with E-state index in [1.807, 2.05) is 24.3 Å². The van der Waals surface area contributed by atoms with Crippen LogP contribution in [0.3, 0.4) is 0 Å². The summed E-state index contributed by atoms with van der Waals surface area (Å²) in [5, 5.41) is 2.69. The Balaban J connectivity index is 0.00000192. The van der Waals surface area contributed by atoms with Gasteiger partial charge in [-0.1, -0.05) is 18.2 Å². The molecule has 2 aliphatic heterocycles. The highest BCUT2D eigenvalue weighted by atomic mass is 35.5. The number of halogens is 1. The fourth-order valence-corrected chi connectivity index (χ4v) is 2.99. The van der Waals surface area contributed by atoms with Crippen molar-refractivity contribution in [1.29, 1.82) is 0 Å². The maximum absolute atomic E-state index is 12.3. The first-order valence-corrected chi connectivity index (χ1v) is 7.63. The molecule has 0 atom stereocenters. The molecule has 0 radical (unpaired) electrons. The van der Waals surface area contributed by atoms with Crippen LogP contribution in [0.25, 0.3) is 0 Å². The Kier molecular flexibility index (Phi) is 5.62. The summed E-state index contributed by atoms with van der Waals surface area (Å²) in [7, 11) is 0. The molecule has 1 saturated heterocycles. The minimum atomic E-state index is -0.915. The van der Waals surface area contributed by atoms with Gasteiger partial charge in [0.15, 0.2) is 0 Å². The fraction of sp³-hybridized carbons (Fsp3) is 0.500. The smallest absolute Gasteiger partial charge is 0.246 e. The van der Waals surface area contributed by atoms with Crippen LogP contribution in [-0.4, -0.2) is 43.7 Å². The van der Waals surface area contributed by atoms with E-state index in [0.717, 1.165) is 12.1 Å². The van der Waals surface area contributed by atoms with Gasteiger partial charge in [0.05, 0.1) is 12.1 Å². The number of anilines is 1. The summed E-state index contributed by atoms with van der Waals surface area (Å²) in [4.78, 5) is 26.3. The van der Waals surface area contributed by atoms with Crippen LogP contribution in [0.4, 0.5) is 5.69 Å². The van der Waals surface area contributed by atoms with E-state index in [1.165, 1.54) is 5.56 Å². The van der Waals surface area contributed by atoms with Crippen LogP contribution in [0.15, 0.2) is 24.3 Å². The number of carbonyl (C=O) groups is 2. The number of benzene rings is 1. The quantitative estimate of drug-likeness (QED) is 0.845. The molecular weight excluding hydrogens is 318 g/mol.